The summed E-state index contributed by atoms with van der Waals surface area (Å²) in [4.78, 5) is 36.4. The maximum Gasteiger partial charge on any atom is 0.303 e. The van der Waals surface area contributed by atoms with Crippen LogP contribution in [0.4, 0.5) is 0 Å². The average molecular weight is 416 g/mol. The molecule has 5 radical (unpaired) electrons. The SMILES string of the molecule is O=C(O)CCc1ccc(C(=O)CCCCCCCCCCC(=O)[C]2[CH][CH][CH][CH]2)s1. The van der Waals surface area contributed by atoms with Crippen molar-refractivity contribution >= 4 is 28.9 Å². The van der Waals surface area contributed by atoms with E-state index < -0.39 is 5.97 Å². The lowest BCUT2D eigenvalue weighted by atomic mass is 9.97. The summed E-state index contributed by atoms with van der Waals surface area (Å²) in [7, 11) is 0. The smallest absolute Gasteiger partial charge is 0.303 e. The number of carboxylic acids is 1. The molecule has 1 aliphatic carbocycles. The van der Waals surface area contributed by atoms with E-state index in [-0.39, 0.29) is 18.0 Å². The molecule has 5 heteroatoms. The molecule has 0 aliphatic heterocycles. The van der Waals surface area contributed by atoms with Gasteiger partial charge in [-0.15, -0.1) is 11.3 Å². The predicted molar refractivity (Wildman–Crippen MR) is 116 cm³/mol. The normalized spacial score (nSPS) is 14.3. The molecule has 1 fully saturated rings. The number of carbonyl (C=O) groups excluding carboxylic acids is 2. The standard InChI is InChI=1S/C24H31O4S/c25-21(19-11-9-10-12-19)13-7-5-3-1-2-4-6-8-14-22(26)23-17-15-20(29-23)16-18-24(27)28/h9-12,15,17H,1-8,13-14,16,18H2,(H,27,28). The zero-order valence-electron chi connectivity index (χ0n) is 17.0. The van der Waals surface area contributed by atoms with Crippen LogP contribution in [0, 0.1) is 31.6 Å². The first kappa shape index (κ1) is 23.8. The van der Waals surface area contributed by atoms with Crippen molar-refractivity contribution in [1.82, 2.24) is 0 Å². The number of hydrogen-bond donors (Lipinski definition) is 1. The molecule has 1 aromatic rings. The zero-order valence-corrected chi connectivity index (χ0v) is 17.8. The van der Waals surface area contributed by atoms with Gasteiger partial charge in [-0.3, -0.25) is 14.4 Å². The van der Waals surface area contributed by atoms with E-state index in [1.165, 1.54) is 30.6 Å². The molecule has 0 bridgehead atoms. The lowest BCUT2D eigenvalue weighted by molar-refractivity contribution is -0.137. The second-order valence-corrected chi connectivity index (χ2v) is 8.68. The first-order valence-electron chi connectivity index (χ1n) is 10.6. The summed E-state index contributed by atoms with van der Waals surface area (Å²) in [5.41, 5.74) is 0. The van der Waals surface area contributed by atoms with E-state index in [0.29, 0.717) is 19.3 Å². The predicted octanol–water partition coefficient (Wildman–Crippen LogP) is 5.82. The highest BCUT2D eigenvalue weighted by Crippen LogP contribution is 2.26. The first-order valence-corrected chi connectivity index (χ1v) is 11.5. The van der Waals surface area contributed by atoms with Gasteiger partial charge in [-0.1, -0.05) is 38.5 Å². The Morgan fingerprint density at radius 3 is 1.86 bits per heavy atom. The summed E-state index contributed by atoms with van der Waals surface area (Å²) in [5.74, 6) is 0.446. The number of hydrogen-bond acceptors (Lipinski definition) is 4. The van der Waals surface area contributed by atoms with Gasteiger partial charge in [0.1, 0.15) is 5.78 Å². The third kappa shape index (κ3) is 9.70. The van der Waals surface area contributed by atoms with Crippen molar-refractivity contribution in [3.8, 4) is 0 Å². The van der Waals surface area contributed by atoms with Crippen LogP contribution in [0.25, 0.3) is 0 Å². The van der Waals surface area contributed by atoms with Crippen LogP contribution < -0.4 is 0 Å². The monoisotopic (exact) mass is 415 g/mol. The Morgan fingerprint density at radius 1 is 0.724 bits per heavy atom. The van der Waals surface area contributed by atoms with E-state index in [1.807, 2.05) is 37.8 Å². The van der Waals surface area contributed by atoms with Gasteiger partial charge < -0.3 is 5.11 Å². The molecule has 0 unspecified atom stereocenters. The number of carbonyl (C=O) groups is 3. The summed E-state index contributed by atoms with van der Waals surface area (Å²) < 4.78 is 0. The Bertz CT molecular complexity index is 643. The molecule has 157 valence electrons. The second-order valence-electron chi connectivity index (χ2n) is 7.51. The molecule has 1 heterocycles. The van der Waals surface area contributed by atoms with E-state index in [0.717, 1.165) is 47.8 Å². The summed E-state index contributed by atoms with van der Waals surface area (Å²) in [5, 5.41) is 8.72. The minimum atomic E-state index is -0.808. The van der Waals surface area contributed by atoms with Gasteiger partial charge in [0.25, 0.3) is 0 Å². The van der Waals surface area contributed by atoms with E-state index >= 15 is 0 Å². The quantitative estimate of drug-likeness (QED) is 0.273. The second kappa shape index (κ2) is 13.7. The van der Waals surface area contributed by atoms with E-state index in [9.17, 15) is 14.4 Å². The van der Waals surface area contributed by atoms with Crippen molar-refractivity contribution in [2.75, 3.05) is 0 Å². The Balaban J connectivity index is 1.42. The highest BCUT2D eigenvalue weighted by molar-refractivity contribution is 7.14. The van der Waals surface area contributed by atoms with E-state index in [1.54, 1.807) is 0 Å². The van der Waals surface area contributed by atoms with E-state index in [2.05, 4.69) is 0 Å². The maximum absolute atomic E-state index is 12.2. The van der Waals surface area contributed by atoms with E-state index in [4.69, 9.17) is 5.11 Å². The number of aliphatic carboxylic acids is 1. The molecule has 0 saturated heterocycles. The molecular formula is C24H31O4S. The van der Waals surface area contributed by atoms with Crippen LogP contribution in [0.5, 0.6) is 0 Å². The molecule has 0 aromatic carbocycles. The van der Waals surface area contributed by atoms with Gasteiger partial charge in [0.05, 0.1) is 11.3 Å². The van der Waals surface area contributed by atoms with Crippen LogP contribution in [0.2, 0.25) is 0 Å². The number of carboxylic acid groups (broad SMARTS) is 1. The van der Waals surface area contributed by atoms with Crippen molar-refractivity contribution in [2.45, 2.75) is 77.0 Å². The number of ketones is 2. The van der Waals surface area contributed by atoms with Crippen molar-refractivity contribution in [2.24, 2.45) is 0 Å². The minimum absolute atomic E-state index is 0.110. The summed E-state index contributed by atoms with van der Waals surface area (Å²) in [6, 6.07) is 3.70. The topological polar surface area (TPSA) is 71.4 Å². The van der Waals surface area contributed by atoms with Gasteiger partial charge in [-0.25, -0.2) is 0 Å². The van der Waals surface area contributed by atoms with Gasteiger partial charge in [0.2, 0.25) is 0 Å². The van der Waals surface area contributed by atoms with Crippen LogP contribution in [0.3, 0.4) is 0 Å². The third-order valence-electron chi connectivity index (χ3n) is 5.06. The number of thiophene rings is 1. The first-order chi connectivity index (χ1) is 14.1. The Labute approximate surface area is 179 Å². The molecular weight excluding hydrogens is 384 g/mol. The minimum Gasteiger partial charge on any atom is -0.481 e. The van der Waals surface area contributed by atoms with Crippen LogP contribution in [-0.2, 0) is 16.0 Å². The number of aryl methyl sites for hydroxylation is 1. The van der Waals surface area contributed by atoms with Crippen molar-refractivity contribution in [3.05, 3.63) is 53.5 Å². The zero-order chi connectivity index (χ0) is 20.9. The molecule has 4 nitrogen and oxygen atoms in total. The van der Waals surface area contributed by atoms with Crippen LogP contribution in [-0.4, -0.2) is 22.6 Å². The van der Waals surface area contributed by atoms with Gasteiger partial charge in [-0.05, 0) is 57.1 Å². The highest BCUT2D eigenvalue weighted by Gasteiger charge is 2.23. The molecule has 1 aromatic heterocycles. The number of rotatable bonds is 16. The van der Waals surface area contributed by atoms with Crippen molar-refractivity contribution < 1.29 is 19.5 Å². The Morgan fingerprint density at radius 2 is 1.28 bits per heavy atom. The molecule has 1 saturated carbocycles. The summed E-state index contributed by atoms with van der Waals surface area (Å²) in [6.07, 6.45) is 18.1. The Hall–Kier alpha value is -1.49. The molecule has 2 rings (SSSR count). The molecule has 0 spiro atoms. The maximum atomic E-state index is 12.2. The molecule has 1 N–H and O–H groups in total. The molecule has 0 atom stereocenters. The summed E-state index contributed by atoms with van der Waals surface area (Å²) >= 11 is 1.43. The van der Waals surface area contributed by atoms with Gasteiger partial charge in [0, 0.05) is 23.6 Å². The molecule has 1 aliphatic rings. The fourth-order valence-corrected chi connectivity index (χ4v) is 4.33. The molecule has 29 heavy (non-hydrogen) atoms. The van der Waals surface area contributed by atoms with Gasteiger partial charge in [0.15, 0.2) is 5.78 Å². The average Bonchev–Trinajstić information content (AvgIpc) is 3.39. The highest BCUT2D eigenvalue weighted by atomic mass is 32.1. The number of unbranched alkanes of at least 4 members (excludes halogenated alkanes) is 7. The Kier molecular flexibility index (Phi) is 11.2. The lowest BCUT2D eigenvalue weighted by Gasteiger charge is -2.06. The van der Waals surface area contributed by atoms with Gasteiger partial charge >= 0.3 is 5.97 Å². The fraction of sp³-hybridized carbons (Fsp3) is 0.500. The lowest BCUT2D eigenvalue weighted by Crippen LogP contribution is -2.08. The van der Waals surface area contributed by atoms with Gasteiger partial charge in [-0.2, -0.15) is 0 Å². The van der Waals surface area contributed by atoms with Crippen molar-refractivity contribution in [3.63, 3.8) is 0 Å². The fourth-order valence-electron chi connectivity index (χ4n) is 3.35. The number of Topliss-reactive ketones (excluding diaryl/α,β-unsaturated/α-hetero) is 2. The van der Waals surface area contributed by atoms with Crippen LogP contribution in [0.1, 0.15) is 85.2 Å². The molecule has 0 amide bonds. The summed E-state index contributed by atoms with van der Waals surface area (Å²) in [6.45, 7) is 0. The van der Waals surface area contributed by atoms with Crippen LogP contribution in [0.15, 0.2) is 12.1 Å². The third-order valence-corrected chi connectivity index (χ3v) is 6.25. The largest absolute Gasteiger partial charge is 0.481 e. The van der Waals surface area contributed by atoms with Crippen molar-refractivity contribution in [1.29, 1.82) is 0 Å². The van der Waals surface area contributed by atoms with Crippen LogP contribution >= 0.6 is 11.3 Å².